The zero-order valence-corrected chi connectivity index (χ0v) is 12.4. The zero-order valence-electron chi connectivity index (χ0n) is 12.4. The molecule has 3 heterocycles. The second kappa shape index (κ2) is 5.92. The van der Waals surface area contributed by atoms with E-state index in [4.69, 9.17) is 0 Å². The monoisotopic (exact) mass is 272 g/mol. The molecule has 3 atom stereocenters. The van der Waals surface area contributed by atoms with E-state index in [1.165, 1.54) is 25.7 Å². The number of unbranched alkanes of at least 4 members (excludes halogenated alkanes) is 1. The van der Waals surface area contributed by atoms with Gasteiger partial charge in [0.15, 0.2) is 0 Å². The van der Waals surface area contributed by atoms with Crippen molar-refractivity contribution in [3.8, 4) is 11.4 Å². The average Bonchev–Trinajstić information content (AvgIpc) is 2.92. The van der Waals surface area contributed by atoms with Crippen LogP contribution in [0.4, 0.5) is 0 Å². The van der Waals surface area contributed by atoms with E-state index in [1.54, 1.807) is 0 Å². The summed E-state index contributed by atoms with van der Waals surface area (Å²) < 4.78 is 0. The predicted molar refractivity (Wildman–Crippen MR) is 80.9 cm³/mol. The van der Waals surface area contributed by atoms with Gasteiger partial charge in [0.2, 0.25) is 0 Å². The second-order valence-electron chi connectivity index (χ2n) is 6.09. The third-order valence-corrected chi connectivity index (χ3v) is 4.34. The molecule has 3 rings (SSSR count). The first-order chi connectivity index (χ1) is 9.76. The van der Waals surface area contributed by atoms with Crippen molar-refractivity contribution in [2.45, 2.75) is 64.0 Å². The van der Waals surface area contributed by atoms with Gasteiger partial charge in [-0.15, -0.1) is 0 Å². The molecular weight excluding hydrogens is 248 g/mol. The minimum atomic E-state index is 0.535. The number of aromatic nitrogens is 3. The maximum atomic E-state index is 4.61. The predicted octanol–water partition coefficient (Wildman–Crippen LogP) is 3.32. The van der Waals surface area contributed by atoms with Crippen LogP contribution in [0, 0.1) is 0 Å². The largest absolute Gasteiger partial charge is 0.342 e. The van der Waals surface area contributed by atoms with Gasteiger partial charge >= 0.3 is 0 Å². The minimum Gasteiger partial charge on any atom is -0.342 e. The molecule has 0 spiro atoms. The molecule has 0 radical (unpaired) electrons. The first-order valence-electron chi connectivity index (χ1n) is 7.82. The van der Waals surface area contributed by atoms with Gasteiger partial charge in [-0.1, -0.05) is 19.8 Å². The van der Waals surface area contributed by atoms with E-state index < -0.39 is 0 Å². The number of nitrogens with one attached hydrogen (secondary N) is 2. The molecule has 20 heavy (non-hydrogen) atoms. The van der Waals surface area contributed by atoms with Crippen molar-refractivity contribution in [2.75, 3.05) is 0 Å². The van der Waals surface area contributed by atoms with E-state index in [0.717, 1.165) is 23.6 Å². The van der Waals surface area contributed by atoms with Crippen LogP contribution in [0.25, 0.3) is 11.4 Å². The fraction of sp³-hybridized carbons (Fsp3) is 0.625. The smallest absolute Gasteiger partial charge is 0.109 e. The molecule has 2 N–H and O–H groups in total. The first kappa shape index (κ1) is 13.6. The summed E-state index contributed by atoms with van der Waals surface area (Å²) in [6, 6.07) is 3.23. The van der Waals surface area contributed by atoms with Gasteiger partial charge in [0, 0.05) is 24.2 Å². The van der Waals surface area contributed by atoms with Crippen molar-refractivity contribution in [3.63, 3.8) is 0 Å². The summed E-state index contributed by atoms with van der Waals surface area (Å²) in [6.07, 6.45) is 9.93. The Morgan fingerprint density at radius 3 is 3.05 bits per heavy atom. The maximum absolute atomic E-state index is 4.61. The quantitative estimate of drug-likeness (QED) is 0.897. The number of piperidine rings is 1. The number of aromatic amines is 1. The van der Waals surface area contributed by atoms with Crippen LogP contribution in [0.3, 0.4) is 0 Å². The standard InChI is InChI=1S/C16H24N4/c1-3-4-5-13-9-12(8-11(2)19-13)16-18-10-15-14(20-16)6-7-17-15/h6-7,10-13,19H,3-5,8-9H2,1-2H3,(H,18,20). The molecule has 0 bridgehead atoms. The highest BCUT2D eigenvalue weighted by atomic mass is 15.0. The van der Waals surface area contributed by atoms with Gasteiger partial charge in [-0.25, -0.2) is 4.98 Å². The lowest BCUT2D eigenvalue weighted by Gasteiger charge is -2.34. The summed E-state index contributed by atoms with van der Waals surface area (Å²) >= 11 is 0. The van der Waals surface area contributed by atoms with Gasteiger partial charge in [0.25, 0.3) is 0 Å². The molecule has 0 aromatic heterocycles. The lowest BCUT2D eigenvalue weighted by molar-refractivity contribution is 0.281. The van der Waals surface area contributed by atoms with Crippen LogP contribution in [0.2, 0.25) is 0 Å². The van der Waals surface area contributed by atoms with Crippen molar-refractivity contribution in [3.05, 3.63) is 24.3 Å². The van der Waals surface area contributed by atoms with Crippen molar-refractivity contribution in [1.82, 2.24) is 20.3 Å². The number of rotatable bonds is 4. The summed E-state index contributed by atoms with van der Waals surface area (Å²) in [7, 11) is 0. The topological polar surface area (TPSA) is 53.6 Å². The number of H-pyrrole nitrogens is 1. The van der Waals surface area contributed by atoms with E-state index >= 15 is 0 Å². The van der Waals surface area contributed by atoms with E-state index in [1.807, 2.05) is 18.5 Å². The highest BCUT2D eigenvalue weighted by Crippen LogP contribution is 2.31. The van der Waals surface area contributed by atoms with Gasteiger partial charge < -0.3 is 10.3 Å². The summed E-state index contributed by atoms with van der Waals surface area (Å²) in [5, 5.41) is 3.73. The van der Waals surface area contributed by atoms with Gasteiger partial charge in [0.1, 0.15) is 11.5 Å². The van der Waals surface area contributed by atoms with Crippen LogP contribution in [0.15, 0.2) is 18.5 Å². The molecule has 0 aromatic rings. The summed E-state index contributed by atoms with van der Waals surface area (Å²) in [4.78, 5) is 12.3. The van der Waals surface area contributed by atoms with Gasteiger partial charge in [-0.2, -0.15) is 0 Å². The molecule has 0 aliphatic carbocycles. The number of hydrogen-bond donors (Lipinski definition) is 2. The molecule has 0 saturated carbocycles. The molecule has 3 aliphatic heterocycles. The molecule has 3 aliphatic rings. The third-order valence-electron chi connectivity index (χ3n) is 4.34. The number of fused-ring (bicyclic) bond motifs is 1. The molecule has 108 valence electrons. The number of nitrogens with zero attached hydrogens (tertiary/aromatic N) is 2. The Hall–Kier alpha value is -1.42. The lowest BCUT2D eigenvalue weighted by Crippen LogP contribution is -2.43. The fourth-order valence-electron chi connectivity index (χ4n) is 3.34. The minimum absolute atomic E-state index is 0.535. The molecule has 0 amide bonds. The normalized spacial score (nSPS) is 27.0. The fourth-order valence-corrected chi connectivity index (χ4v) is 3.34. The van der Waals surface area contributed by atoms with E-state index in [0.29, 0.717) is 18.0 Å². The lowest BCUT2D eigenvalue weighted by atomic mass is 9.86. The molecule has 1 saturated heterocycles. The van der Waals surface area contributed by atoms with Crippen molar-refractivity contribution < 1.29 is 0 Å². The highest BCUT2D eigenvalue weighted by molar-refractivity contribution is 5.54. The number of hydrogen-bond acceptors (Lipinski definition) is 3. The highest BCUT2D eigenvalue weighted by Gasteiger charge is 2.28. The maximum Gasteiger partial charge on any atom is 0.109 e. The van der Waals surface area contributed by atoms with Crippen molar-refractivity contribution in [2.24, 2.45) is 0 Å². The Balaban J connectivity index is 1.76. The zero-order chi connectivity index (χ0) is 13.9. The third kappa shape index (κ3) is 2.85. The van der Waals surface area contributed by atoms with Crippen LogP contribution in [0.5, 0.6) is 0 Å². The first-order valence-corrected chi connectivity index (χ1v) is 7.82. The average molecular weight is 272 g/mol. The molecule has 1 fully saturated rings. The van der Waals surface area contributed by atoms with E-state index in [2.05, 4.69) is 34.1 Å². The van der Waals surface area contributed by atoms with Crippen LogP contribution in [0.1, 0.15) is 57.7 Å². The van der Waals surface area contributed by atoms with E-state index in [-0.39, 0.29) is 0 Å². The Morgan fingerprint density at radius 1 is 1.30 bits per heavy atom. The SMILES string of the molecule is CCCCC1CC(c2ncc3nccc-3[nH]2)CC(C)N1. The van der Waals surface area contributed by atoms with Gasteiger partial charge in [0.05, 0.1) is 11.9 Å². The van der Waals surface area contributed by atoms with Crippen LogP contribution in [-0.4, -0.2) is 27.0 Å². The Labute approximate surface area is 120 Å². The summed E-state index contributed by atoms with van der Waals surface area (Å²) in [5.41, 5.74) is 2.06. The van der Waals surface area contributed by atoms with Crippen LogP contribution >= 0.6 is 0 Å². The van der Waals surface area contributed by atoms with Crippen molar-refractivity contribution >= 4 is 0 Å². The summed E-state index contributed by atoms with van der Waals surface area (Å²) in [6.45, 7) is 4.54. The van der Waals surface area contributed by atoms with Crippen LogP contribution < -0.4 is 5.32 Å². The second-order valence-corrected chi connectivity index (χ2v) is 6.09. The molecule has 0 aromatic carbocycles. The van der Waals surface area contributed by atoms with Gasteiger partial charge in [-0.05, 0) is 32.3 Å². The molecule has 4 nitrogen and oxygen atoms in total. The van der Waals surface area contributed by atoms with Crippen molar-refractivity contribution in [1.29, 1.82) is 0 Å². The molecule has 4 heteroatoms. The molecule has 3 unspecified atom stereocenters. The molecular formula is C16H24N4. The van der Waals surface area contributed by atoms with Gasteiger partial charge in [-0.3, -0.25) is 4.98 Å². The Bertz CT molecular complexity index is 521. The summed E-state index contributed by atoms with van der Waals surface area (Å²) in [5.74, 6) is 1.66. The van der Waals surface area contributed by atoms with E-state index in [9.17, 15) is 0 Å². The van der Waals surface area contributed by atoms with Crippen LogP contribution in [-0.2, 0) is 0 Å². The Morgan fingerprint density at radius 2 is 2.20 bits per heavy atom. The Kier molecular flexibility index (Phi) is 4.01.